The van der Waals surface area contributed by atoms with Crippen molar-refractivity contribution in [2.24, 2.45) is 0 Å². The molecule has 5 nitrogen and oxygen atoms in total. The van der Waals surface area contributed by atoms with Gasteiger partial charge in [-0.05, 0) is 56.2 Å². The molecule has 0 atom stereocenters. The number of nitrogens with one attached hydrogen (secondary N) is 2. The minimum absolute atomic E-state index is 0.0770. The molecule has 138 valence electrons. The summed E-state index contributed by atoms with van der Waals surface area (Å²) in [6.07, 6.45) is 0. The van der Waals surface area contributed by atoms with E-state index in [1.807, 2.05) is 26.0 Å². The molecule has 26 heavy (non-hydrogen) atoms. The van der Waals surface area contributed by atoms with Crippen molar-refractivity contribution in [3.8, 4) is 5.75 Å². The molecule has 1 amide bonds. The van der Waals surface area contributed by atoms with Gasteiger partial charge in [-0.15, -0.1) is 0 Å². The summed E-state index contributed by atoms with van der Waals surface area (Å²) in [5.74, 6) is 0.365. The number of nitrogens with zero attached hydrogens (tertiary/aromatic N) is 1. The minimum atomic E-state index is 0.0770. The first-order valence-electron chi connectivity index (χ1n) is 9.17. The van der Waals surface area contributed by atoms with E-state index in [0.717, 1.165) is 48.7 Å². The second-order valence-corrected chi connectivity index (χ2v) is 7.25. The molecule has 0 unspecified atom stereocenters. The number of anilines is 2. The van der Waals surface area contributed by atoms with Crippen LogP contribution >= 0.6 is 0 Å². The lowest BCUT2D eigenvalue weighted by molar-refractivity contribution is -0.892. The van der Waals surface area contributed by atoms with Gasteiger partial charge in [0.1, 0.15) is 5.75 Å². The quantitative estimate of drug-likeness (QED) is 0.783. The summed E-state index contributed by atoms with van der Waals surface area (Å²) in [5, 5.41) is 12.5. The highest BCUT2D eigenvalue weighted by molar-refractivity contribution is 5.93. The Morgan fingerprint density at radius 3 is 2.23 bits per heavy atom. The van der Waals surface area contributed by atoms with Gasteiger partial charge in [0.2, 0.25) is 0 Å². The van der Waals surface area contributed by atoms with Crippen LogP contribution in [0.2, 0.25) is 0 Å². The number of hydrogen-bond acceptors (Lipinski definition) is 3. The smallest absolute Gasteiger partial charge is 0.279 e. The fourth-order valence-corrected chi connectivity index (χ4v) is 3.71. The summed E-state index contributed by atoms with van der Waals surface area (Å²) in [6.45, 7) is 10.3. The van der Waals surface area contributed by atoms with Crippen molar-refractivity contribution in [2.75, 3.05) is 42.9 Å². The highest BCUT2D eigenvalue weighted by Gasteiger charge is 2.22. The van der Waals surface area contributed by atoms with Crippen molar-refractivity contribution in [3.63, 3.8) is 0 Å². The molecular weight excluding hydrogens is 326 g/mol. The van der Waals surface area contributed by atoms with E-state index in [1.165, 1.54) is 10.5 Å². The summed E-state index contributed by atoms with van der Waals surface area (Å²) in [5.41, 5.74) is 5.51. The van der Waals surface area contributed by atoms with Gasteiger partial charge in [0.25, 0.3) is 5.91 Å². The third kappa shape index (κ3) is 4.35. The van der Waals surface area contributed by atoms with Crippen molar-refractivity contribution in [2.45, 2.75) is 20.8 Å². The molecule has 1 aliphatic heterocycles. The van der Waals surface area contributed by atoms with Gasteiger partial charge in [0.15, 0.2) is 6.54 Å². The van der Waals surface area contributed by atoms with Gasteiger partial charge in [-0.3, -0.25) is 4.79 Å². The molecule has 1 aliphatic rings. The normalized spacial score (nSPS) is 15.1. The number of aryl methyl sites for hydroxylation is 3. The number of phenolic OH excluding ortho intramolecular Hbond substituents is 1. The van der Waals surface area contributed by atoms with E-state index in [4.69, 9.17) is 0 Å². The lowest BCUT2D eigenvalue weighted by Gasteiger charge is -2.33. The summed E-state index contributed by atoms with van der Waals surface area (Å²) in [4.78, 5) is 16.1. The lowest BCUT2D eigenvalue weighted by atomic mass is 10.1. The average molecular weight is 354 g/mol. The Balaban J connectivity index is 1.53. The summed E-state index contributed by atoms with van der Waals surface area (Å²) < 4.78 is 0. The molecule has 0 aromatic heterocycles. The van der Waals surface area contributed by atoms with E-state index in [2.05, 4.69) is 29.3 Å². The zero-order valence-corrected chi connectivity index (χ0v) is 15.8. The Labute approximate surface area is 155 Å². The highest BCUT2D eigenvalue weighted by Crippen LogP contribution is 2.21. The van der Waals surface area contributed by atoms with E-state index < -0.39 is 0 Å². The van der Waals surface area contributed by atoms with Crippen LogP contribution in [0.3, 0.4) is 0 Å². The molecule has 0 aliphatic carbocycles. The molecule has 2 aromatic rings. The summed E-state index contributed by atoms with van der Waals surface area (Å²) >= 11 is 0. The van der Waals surface area contributed by atoms with Crippen LogP contribution in [0.25, 0.3) is 0 Å². The molecule has 0 spiro atoms. The molecular formula is C21H28N3O2+. The number of benzene rings is 2. The van der Waals surface area contributed by atoms with Gasteiger partial charge in [0.05, 0.1) is 26.2 Å². The SMILES string of the molecule is Cc1cc(C)c(NC(=O)C[NH+]2CCN(c3ccc(O)cc3)CC2)c(C)c1. The predicted molar refractivity (Wildman–Crippen MR) is 105 cm³/mol. The van der Waals surface area contributed by atoms with Crippen LogP contribution in [-0.4, -0.2) is 43.7 Å². The van der Waals surface area contributed by atoms with Crippen molar-refractivity contribution in [3.05, 3.63) is 53.1 Å². The Hall–Kier alpha value is -2.53. The number of amides is 1. The van der Waals surface area contributed by atoms with Crippen LogP contribution < -0.4 is 15.1 Å². The molecule has 1 fully saturated rings. The van der Waals surface area contributed by atoms with Gasteiger partial charge < -0.3 is 20.2 Å². The first-order chi connectivity index (χ1) is 12.4. The van der Waals surface area contributed by atoms with Gasteiger partial charge in [-0.2, -0.15) is 0 Å². The number of quaternary nitrogens is 1. The van der Waals surface area contributed by atoms with E-state index in [9.17, 15) is 9.90 Å². The molecule has 3 rings (SSSR count). The van der Waals surface area contributed by atoms with E-state index in [0.29, 0.717) is 6.54 Å². The largest absolute Gasteiger partial charge is 0.508 e. The number of piperazine rings is 1. The van der Waals surface area contributed by atoms with Crippen LogP contribution in [-0.2, 0) is 4.79 Å². The van der Waals surface area contributed by atoms with Crippen LogP contribution in [0.4, 0.5) is 11.4 Å². The number of carbonyl (C=O) groups is 1. The highest BCUT2D eigenvalue weighted by atomic mass is 16.3. The Kier molecular flexibility index (Phi) is 5.47. The average Bonchev–Trinajstić information content (AvgIpc) is 2.59. The fourth-order valence-electron chi connectivity index (χ4n) is 3.71. The molecule has 2 aromatic carbocycles. The molecule has 3 N–H and O–H groups in total. The monoisotopic (exact) mass is 354 g/mol. The molecule has 0 radical (unpaired) electrons. The van der Waals surface area contributed by atoms with Crippen molar-refractivity contribution < 1.29 is 14.8 Å². The van der Waals surface area contributed by atoms with Gasteiger partial charge in [-0.1, -0.05) is 17.7 Å². The van der Waals surface area contributed by atoms with Crippen LogP contribution in [0, 0.1) is 20.8 Å². The first-order valence-corrected chi connectivity index (χ1v) is 9.17. The third-order valence-electron chi connectivity index (χ3n) is 5.04. The minimum Gasteiger partial charge on any atom is -0.508 e. The van der Waals surface area contributed by atoms with E-state index >= 15 is 0 Å². The first kappa shape index (κ1) is 18.3. The van der Waals surface area contributed by atoms with Crippen molar-refractivity contribution in [1.82, 2.24) is 0 Å². The summed E-state index contributed by atoms with van der Waals surface area (Å²) in [6, 6.07) is 11.5. The maximum atomic E-state index is 12.5. The molecule has 1 saturated heterocycles. The zero-order chi connectivity index (χ0) is 18.7. The van der Waals surface area contributed by atoms with Crippen LogP contribution in [0.15, 0.2) is 36.4 Å². The molecule has 0 bridgehead atoms. The number of carbonyl (C=O) groups excluding carboxylic acids is 1. The third-order valence-corrected chi connectivity index (χ3v) is 5.04. The zero-order valence-electron chi connectivity index (χ0n) is 15.8. The molecule has 0 saturated carbocycles. The maximum absolute atomic E-state index is 12.5. The van der Waals surface area contributed by atoms with E-state index in [-0.39, 0.29) is 11.7 Å². The van der Waals surface area contributed by atoms with Gasteiger partial charge in [0, 0.05) is 11.4 Å². The van der Waals surface area contributed by atoms with Crippen LogP contribution in [0.5, 0.6) is 5.75 Å². The van der Waals surface area contributed by atoms with E-state index in [1.54, 1.807) is 12.1 Å². The summed E-state index contributed by atoms with van der Waals surface area (Å²) in [7, 11) is 0. The number of hydrogen-bond donors (Lipinski definition) is 3. The Morgan fingerprint density at radius 2 is 1.65 bits per heavy atom. The second kappa shape index (κ2) is 7.79. The maximum Gasteiger partial charge on any atom is 0.279 e. The topological polar surface area (TPSA) is 57.0 Å². The van der Waals surface area contributed by atoms with Crippen LogP contribution in [0.1, 0.15) is 16.7 Å². The number of rotatable bonds is 4. The predicted octanol–water partition coefficient (Wildman–Crippen LogP) is 1.66. The molecule has 1 heterocycles. The van der Waals surface area contributed by atoms with Gasteiger partial charge in [-0.25, -0.2) is 0 Å². The van der Waals surface area contributed by atoms with Gasteiger partial charge >= 0.3 is 0 Å². The molecule has 5 heteroatoms. The Morgan fingerprint density at radius 1 is 1.08 bits per heavy atom. The second-order valence-electron chi connectivity index (χ2n) is 7.25. The van der Waals surface area contributed by atoms with Crippen molar-refractivity contribution in [1.29, 1.82) is 0 Å². The number of phenols is 1. The fraction of sp³-hybridized carbons (Fsp3) is 0.381. The standard InChI is InChI=1S/C21H27N3O2/c1-15-12-16(2)21(17(3)13-15)22-20(26)14-23-8-10-24(11-9-23)18-4-6-19(25)7-5-18/h4-7,12-13,25H,8-11,14H2,1-3H3,(H,22,26)/p+1. The lowest BCUT2D eigenvalue weighted by Crippen LogP contribution is -3.15. The Bertz CT molecular complexity index is 755. The number of aromatic hydroxyl groups is 1. The van der Waals surface area contributed by atoms with Crippen molar-refractivity contribution >= 4 is 17.3 Å².